The fourth-order valence-electron chi connectivity index (χ4n) is 6.57. The normalized spacial score (nSPS) is 12.7. The molecule has 0 aliphatic heterocycles. The zero-order valence-corrected chi connectivity index (χ0v) is 31.6. The van der Waals surface area contributed by atoms with E-state index in [1.165, 1.54) is 186 Å². The summed E-state index contributed by atoms with van der Waals surface area (Å²) in [5.41, 5.74) is 0. The number of allylic oxidation sites excluding steroid dienone is 1. The molecule has 1 atom stereocenters. The summed E-state index contributed by atoms with van der Waals surface area (Å²) >= 11 is 0. The van der Waals surface area contributed by atoms with Crippen LogP contribution < -0.4 is 5.32 Å². The van der Waals surface area contributed by atoms with Gasteiger partial charge in [-0.15, -0.1) is 0 Å². The van der Waals surface area contributed by atoms with E-state index >= 15 is 0 Å². The number of hydrogen-bond donors (Lipinski definition) is 2. The second-order valence-electron chi connectivity index (χ2n) is 14.1. The molecular weight excluding hydrogens is 566 g/mol. The first-order valence-corrected chi connectivity index (χ1v) is 20.6. The number of aliphatic hydroxyl groups excluding tert-OH is 1. The van der Waals surface area contributed by atoms with Crippen LogP contribution in [0.2, 0.25) is 0 Å². The van der Waals surface area contributed by atoms with Crippen molar-refractivity contribution in [3.63, 3.8) is 0 Å². The fraction of sp³-hybridized carbons (Fsp3) is 0.927. The summed E-state index contributed by atoms with van der Waals surface area (Å²) < 4.78 is 0. The molecule has 0 rings (SSSR count). The van der Waals surface area contributed by atoms with Crippen LogP contribution in [0.25, 0.3) is 0 Å². The van der Waals surface area contributed by atoms with Gasteiger partial charge in [0.2, 0.25) is 0 Å². The van der Waals surface area contributed by atoms with Crippen molar-refractivity contribution in [2.45, 2.75) is 194 Å². The Morgan fingerprint density at radius 2 is 0.870 bits per heavy atom. The average Bonchev–Trinajstić information content (AvgIpc) is 3.06. The first kappa shape index (κ1) is 45.2. The van der Waals surface area contributed by atoms with Gasteiger partial charge in [-0.1, -0.05) is 168 Å². The molecule has 0 aromatic rings. The molecular formula is C41H83N3O2. The quantitative estimate of drug-likeness (QED) is 0.0394. The van der Waals surface area contributed by atoms with Crippen molar-refractivity contribution in [2.24, 2.45) is 0 Å². The average molecular weight is 650 g/mol. The van der Waals surface area contributed by atoms with Crippen LogP contribution in [0.4, 0.5) is 0 Å². The maximum absolute atomic E-state index is 10.7. The molecule has 0 saturated carbocycles. The molecule has 46 heavy (non-hydrogen) atoms. The molecule has 0 spiro atoms. The van der Waals surface area contributed by atoms with E-state index in [1.54, 1.807) is 6.08 Å². The van der Waals surface area contributed by atoms with Gasteiger partial charge in [-0.3, -0.25) is 4.79 Å². The van der Waals surface area contributed by atoms with Crippen molar-refractivity contribution in [2.75, 3.05) is 52.4 Å². The minimum Gasteiger partial charge on any atom is -0.390 e. The number of nitrogens with one attached hydrogen (secondary N) is 1. The SMILES string of the molecule is CCCCCCCCCCCCCCN(CC)CCCCN(CCCCCCCCCCCCCC)CC(O)CNC/C=C/C=O. The highest BCUT2D eigenvalue weighted by Crippen LogP contribution is 2.14. The molecule has 0 saturated heterocycles. The van der Waals surface area contributed by atoms with Crippen molar-refractivity contribution in [1.82, 2.24) is 15.1 Å². The number of hydrogen-bond acceptors (Lipinski definition) is 5. The third-order valence-electron chi connectivity index (χ3n) is 9.63. The molecule has 274 valence electrons. The Morgan fingerprint density at radius 1 is 0.522 bits per heavy atom. The first-order chi connectivity index (χ1) is 22.7. The van der Waals surface area contributed by atoms with E-state index < -0.39 is 0 Å². The van der Waals surface area contributed by atoms with Crippen molar-refractivity contribution >= 4 is 6.29 Å². The first-order valence-electron chi connectivity index (χ1n) is 20.6. The number of nitrogens with zero attached hydrogens (tertiary/aromatic N) is 2. The highest BCUT2D eigenvalue weighted by Gasteiger charge is 2.12. The maximum atomic E-state index is 10.7. The number of carbonyl (C=O) groups is 1. The van der Waals surface area contributed by atoms with Gasteiger partial charge >= 0.3 is 0 Å². The molecule has 0 radical (unpaired) electrons. The number of unbranched alkanes of at least 4 members (excludes halogenated alkanes) is 23. The monoisotopic (exact) mass is 650 g/mol. The molecule has 0 amide bonds. The van der Waals surface area contributed by atoms with Crippen molar-refractivity contribution in [3.05, 3.63) is 12.2 Å². The van der Waals surface area contributed by atoms with Gasteiger partial charge < -0.3 is 20.2 Å². The minimum absolute atomic E-state index is 0.375. The highest BCUT2D eigenvalue weighted by atomic mass is 16.3. The summed E-state index contributed by atoms with van der Waals surface area (Å²) in [5, 5.41) is 13.9. The van der Waals surface area contributed by atoms with E-state index in [1.807, 2.05) is 0 Å². The number of aliphatic hydroxyl groups is 1. The van der Waals surface area contributed by atoms with Crippen LogP contribution in [0.1, 0.15) is 188 Å². The second kappa shape index (κ2) is 38.7. The lowest BCUT2D eigenvalue weighted by Gasteiger charge is -2.26. The Bertz CT molecular complexity index is 615. The molecule has 0 aromatic carbocycles. The lowest BCUT2D eigenvalue weighted by Crippen LogP contribution is -2.39. The summed E-state index contributed by atoms with van der Waals surface area (Å²) in [5.74, 6) is 0. The van der Waals surface area contributed by atoms with Gasteiger partial charge in [0.25, 0.3) is 0 Å². The van der Waals surface area contributed by atoms with Crippen LogP contribution in [-0.4, -0.2) is 79.7 Å². The summed E-state index contributed by atoms with van der Waals surface area (Å²) in [6, 6.07) is 0. The van der Waals surface area contributed by atoms with E-state index in [0.717, 1.165) is 32.5 Å². The smallest absolute Gasteiger partial charge is 0.142 e. The Hall–Kier alpha value is -0.750. The van der Waals surface area contributed by atoms with E-state index in [2.05, 4.69) is 35.9 Å². The third kappa shape index (κ3) is 34.6. The lowest BCUT2D eigenvalue weighted by molar-refractivity contribution is -0.104. The number of carbonyl (C=O) groups excluding carboxylic acids is 1. The molecule has 0 aliphatic carbocycles. The molecule has 0 heterocycles. The van der Waals surface area contributed by atoms with Gasteiger partial charge in [0.1, 0.15) is 6.29 Å². The highest BCUT2D eigenvalue weighted by molar-refractivity contribution is 5.64. The zero-order chi connectivity index (χ0) is 33.6. The summed E-state index contributed by atoms with van der Waals surface area (Å²) in [7, 11) is 0. The molecule has 0 aliphatic rings. The van der Waals surface area contributed by atoms with Gasteiger partial charge in [-0.25, -0.2) is 0 Å². The molecule has 5 nitrogen and oxygen atoms in total. The van der Waals surface area contributed by atoms with Crippen LogP contribution >= 0.6 is 0 Å². The minimum atomic E-state index is -0.375. The Kier molecular flexibility index (Phi) is 38.1. The lowest BCUT2D eigenvalue weighted by atomic mass is 10.1. The Morgan fingerprint density at radius 3 is 1.24 bits per heavy atom. The van der Waals surface area contributed by atoms with Crippen LogP contribution in [0, 0.1) is 0 Å². The molecule has 1 unspecified atom stereocenters. The predicted molar refractivity (Wildman–Crippen MR) is 204 cm³/mol. The van der Waals surface area contributed by atoms with E-state index in [0.29, 0.717) is 13.1 Å². The van der Waals surface area contributed by atoms with Gasteiger partial charge in [-0.05, 0) is 64.5 Å². The Labute approximate surface area is 289 Å². The summed E-state index contributed by atoms with van der Waals surface area (Å²) in [4.78, 5) is 15.6. The number of rotatable bonds is 39. The largest absolute Gasteiger partial charge is 0.390 e. The van der Waals surface area contributed by atoms with Crippen LogP contribution in [0.5, 0.6) is 0 Å². The molecule has 0 bridgehead atoms. The topological polar surface area (TPSA) is 55.8 Å². The van der Waals surface area contributed by atoms with Crippen LogP contribution in [0.3, 0.4) is 0 Å². The number of aldehydes is 1. The zero-order valence-electron chi connectivity index (χ0n) is 31.6. The third-order valence-corrected chi connectivity index (χ3v) is 9.63. The molecule has 5 heteroatoms. The molecule has 0 aromatic heterocycles. The molecule has 0 fully saturated rings. The molecule has 2 N–H and O–H groups in total. The maximum Gasteiger partial charge on any atom is 0.142 e. The van der Waals surface area contributed by atoms with Gasteiger partial charge in [0.05, 0.1) is 6.10 Å². The van der Waals surface area contributed by atoms with Crippen molar-refractivity contribution in [1.29, 1.82) is 0 Å². The van der Waals surface area contributed by atoms with Crippen LogP contribution in [0.15, 0.2) is 12.2 Å². The van der Waals surface area contributed by atoms with E-state index in [9.17, 15) is 9.90 Å². The van der Waals surface area contributed by atoms with Crippen molar-refractivity contribution < 1.29 is 9.90 Å². The van der Waals surface area contributed by atoms with E-state index in [-0.39, 0.29) is 6.10 Å². The van der Waals surface area contributed by atoms with Crippen molar-refractivity contribution in [3.8, 4) is 0 Å². The standard InChI is InChI=1S/C41H83N3O2/c1-4-7-9-11-13-15-17-19-21-23-25-28-34-43(6-3)35-30-31-37-44(40-41(46)39-42-33-27-32-38-45)36-29-26-24-22-20-18-16-14-12-10-8-5-2/h27,32,38,41-42,46H,4-26,28-31,33-37,39-40H2,1-3H3/b32-27+. The van der Waals surface area contributed by atoms with Gasteiger partial charge in [0, 0.05) is 19.6 Å². The second-order valence-corrected chi connectivity index (χ2v) is 14.1. The fourth-order valence-corrected chi connectivity index (χ4v) is 6.57. The predicted octanol–water partition coefficient (Wildman–Crippen LogP) is 10.5. The van der Waals surface area contributed by atoms with Gasteiger partial charge in [0.15, 0.2) is 0 Å². The van der Waals surface area contributed by atoms with Gasteiger partial charge in [-0.2, -0.15) is 0 Å². The Balaban J connectivity index is 4.15. The van der Waals surface area contributed by atoms with E-state index in [4.69, 9.17) is 0 Å². The van der Waals surface area contributed by atoms with Crippen LogP contribution in [-0.2, 0) is 4.79 Å². The summed E-state index contributed by atoms with van der Waals surface area (Å²) in [6.07, 6.45) is 39.7. The summed E-state index contributed by atoms with van der Waals surface area (Å²) in [6.45, 7) is 14.6.